The number of rotatable bonds is 6. The molecule has 0 aliphatic rings. The van der Waals surface area contributed by atoms with Gasteiger partial charge in [-0.25, -0.2) is 0 Å². The summed E-state index contributed by atoms with van der Waals surface area (Å²) in [5, 5.41) is 9.96. The summed E-state index contributed by atoms with van der Waals surface area (Å²) in [4.78, 5) is 3.39. The Morgan fingerprint density at radius 2 is 1.76 bits per heavy atom. The van der Waals surface area contributed by atoms with Crippen LogP contribution in [0.15, 0.2) is 29.2 Å². The van der Waals surface area contributed by atoms with Gasteiger partial charge in [0.15, 0.2) is 0 Å². The fourth-order valence-electron chi connectivity index (χ4n) is 1.75. The zero-order chi connectivity index (χ0) is 12.8. The third-order valence-electron chi connectivity index (χ3n) is 2.72. The molecule has 0 bridgehead atoms. The highest BCUT2D eigenvalue weighted by Gasteiger charge is 2.21. The molecule has 0 aromatic heterocycles. The first-order valence-electron chi connectivity index (χ1n) is 6.02. The molecular formula is C13H22N2OS. The molecule has 4 heteroatoms. The van der Waals surface area contributed by atoms with Gasteiger partial charge < -0.3 is 10.8 Å². The smallest absolute Gasteiger partial charge is 0.0864 e. The van der Waals surface area contributed by atoms with Crippen molar-refractivity contribution in [3.8, 4) is 0 Å². The van der Waals surface area contributed by atoms with E-state index >= 15 is 0 Å². The van der Waals surface area contributed by atoms with E-state index in [0.717, 1.165) is 23.7 Å². The third kappa shape index (κ3) is 4.22. The minimum absolute atomic E-state index is 0.0913. The molecule has 0 amide bonds. The van der Waals surface area contributed by atoms with Crippen molar-refractivity contribution in [1.82, 2.24) is 4.90 Å². The summed E-state index contributed by atoms with van der Waals surface area (Å²) in [5.41, 5.74) is 6.43. The number of likely N-dealkylation sites (N-methyl/N-ethyl adjacent to an activating group) is 1. The van der Waals surface area contributed by atoms with Gasteiger partial charge in [0.1, 0.15) is 0 Å². The Morgan fingerprint density at radius 1 is 1.24 bits per heavy atom. The quantitative estimate of drug-likeness (QED) is 0.465. The van der Waals surface area contributed by atoms with Gasteiger partial charge >= 0.3 is 0 Å². The maximum Gasteiger partial charge on any atom is 0.0864 e. The molecule has 0 saturated carbocycles. The summed E-state index contributed by atoms with van der Waals surface area (Å²) in [6.07, 6.45) is -0.363. The first-order chi connectivity index (χ1) is 8.08. The van der Waals surface area contributed by atoms with Gasteiger partial charge in [0.05, 0.1) is 11.5 Å². The Labute approximate surface area is 108 Å². The van der Waals surface area contributed by atoms with Crippen LogP contribution in [0.3, 0.4) is 0 Å². The first kappa shape index (κ1) is 14.4. The predicted octanol–water partition coefficient (Wildman–Crippen LogP) is 2.41. The van der Waals surface area contributed by atoms with Crippen LogP contribution < -0.4 is 5.73 Å². The first-order valence-corrected chi connectivity index (χ1v) is 6.90. The Hall–Kier alpha value is -0.710. The van der Waals surface area contributed by atoms with Crippen molar-refractivity contribution in [2.45, 2.75) is 37.1 Å². The molecule has 2 atom stereocenters. The largest absolute Gasteiger partial charge is 0.399 e. The molecule has 1 rings (SSSR count). The van der Waals surface area contributed by atoms with Crippen molar-refractivity contribution < 1.29 is 5.11 Å². The minimum Gasteiger partial charge on any atom is -0.399 e. The lowest BCUT2D eigenvalue weighted by Gasteiger charge is -2.31. The maximum atomic E-state index is 9.87. The van der Waals surface area contributed by atoms with Gasteiger partial charge in [0.2, 0.25) is 0 Å². The lowest BCUT2D eigenvalue weighted by molar-refractivity contribution is 0.114. The van der Waals surface area contributed by atoms with Gasteiger partial charge in [0, 0.05) is 10.6 Å². The molecule has 0 spiro atoms. The maximum absolute atomic E-state index is 9.87. The molecule has 0 radical (unpaired) electrons. The van der Waals surface area contributed by atoms with Crippen LogP contribution in [0.5, 0.6) is 0 Å². The van der Waals surface area contributed by atoms with Crippen LogP contribution in [0.4, 0.5) is 5.69 Å². The fraction of sp³-hybridized carbons (Fsp3) is 0.538. The SMILES string of the molecule is CCN(CC)C(Sc1ccc(N)cc1)C(C)O. The van der Waals surface area contributed by atoms with Gasteiger partial charge in [-0.1, -0.05) is 13.8 Å². The highest BCUT2D eigenvalue weighted by atomic mass is 32.2. The fourth-order valence-corrected chi connectivity index (χ4v) is 2.96. The summed E-state index contributed by atoms with van der Waals surface area (Å²) >= 11 is 1.68. The Morgan fingerprint density at radius 3 is 2.18 bits per heavy atom. The molecule has 96 valence electrons. The summed E-state index contributed by atoms with van der Waals surface area (Å²) in [5.74, 6) is 0. The van der Waals surface area contributed by atoms with Crippen molar-refractivity contribution >= 4 is 17.4 Å². The molecule has 0 saturated heterocycles. The molecule has 2 unspecified atom stereocenters. The zero-order valence-electron chi connectivity index (χ0n) is 10.8. The van der Waals surface area contributed by atoms with Gasteiger partial charge in [0.25, 0.3) is 0 Å². The number of nitrogens with zero attached hydrogens (tertiary/aromatic N) is 1. The number of anilines is 1. The van der Waals surface area contributed by atoms with E-state index in [1.165, 1.54) is 0 Å². The van der Waals surface area contributed by atoms with Gasteiger partial charge in [-0.15, -0.1) is 11.8 Å². The van der Waals surface area contributed by atoms with E-state index in [9.17, 15) is 5.11 Å². The second-order valence-corrected chi connectivity index (χ2v) is 5.23. The van der Waals surface area contributed by atoms with Crippen molar-refractivity contribution in [3.63, 3.8) is 0 Å². The lowest BCUT2D eigenvalue weighted by atomic mass is 10.3. The van der Waals surface area contributed by atoms with Crippen molar-refractivity contribution in [3.05, 3.63) is 24.3 Å². The van der Waals surface area contributed by atoms with E-state index in [0.29, 0.717) is 0 Å². The molecule has 0 aliphatic carbocycles. The van der Waals surface area contributed by atoms with Gasteiger partial charge in [-0.05, 0) is 44.3 Å². The van der Waals surface area contributed by atoms with E-state index in [4.69, 9.17) is 5.73 Å². The number of nitrogens with two attached hydrogens (primary N) is 1. The van der Waals surface area contributed by atoms with E-state index in [-0.39, 0.29) is 11.5 Å². The summed E-state index contributed by atoms with van der Waals surface area (Å²) in [6.45, 7) is 7.94. The van der Waals surface area contributed by atoms with Crippen LogP contribution >= 0.6 is 11.8 Å². The number of aliphatic hydroxyl groups excluding tert-OH is 1. The third-order valence-corrected chi connectivity index (χ3v) is 4.20. The lowest BCUT2D eigenvalue weighted by Crippen LogP contribution is -2.39. The number of nitrogen functional groups attached to an aromatic ring is 1. The summed E-state index contributed by atoms with van der Waals surface area (Å²) < 4.78 is 0. The highest BCUT2D eigenvalue weighted by Crippen LogP contribution is 2.28. The predicted molar refractivity (Wildman–Crippen MR) is 75.1 cm³/mol. The standard InChI is InChI=1S/C13H22N2OS/c1-4-15(5-2)13(10(3)16)17-12-8-6-11(14)7-9-12/h6-10,13,16H,4-5,14H2,1-3H3. The number of aliphatic hydroxyl groups is 1. The molecule has 1 aromatic rings. The molecule has 0 fully saturated rings. The van der Waals surface area contributed by atoms with Crippen LogP contribution in [-0.2, 0) is 0 Å². The number of hydrogen-bond donors (Lipinski definition) is 2. The van der Waals surface area contributed by atoms with E-state index in [2.05, 4.69) is 18.7 Å². The van der Waals surface area contributed by atoms with Crippen molar-refractivity contribution in [2.24, 2.45) is 0 Å². The van der Waals surface area contributed by atoms with Crippen LogP contribution in [0.1, 0.15) is 20.8 Å². The molecule has 1 aromatic carbocycles. The Kier molecular flexibility index (Phi) is 5.82. The van der Waals surface area contributed by atoms with Crippen molar-refractivity contribution in [1.29, 1.82) is 0 Å². The van der Waals surface area contributed by atoms with E-state index in [1.54, 1.807) is 11.8 Å². The molecule has 0 heterocycles. The molecule has 17 heavy (non-hydrogen) atoms. The second-order valence-electron chi connectivity index (χ2n) is 4.04. The van der Waals surface area contributed by atoms with Gasteiger partial charge in [-0.2, -0.15) is 0 Å². The number of benzene rings is 1. The highest BCUT2D eigenvalue weighted by molar-refractivity contribution is 8.00. The van der Waals surface area contributed by atoms with Crippen molar-refractivity contribution in [2.75, 3.05) is 18.8 Å². The zero-order valence-corrected chi connectivity index (χ0v) is 11.6. The van der Waals surface area contributed by atoms with Crippen LogP contribution in [0.25, 0.3) is 0 Å². The monoisotopic (exact) mass is 254 g/mol. The molecule has 3 N–H and O–H groups in total. The topological polar surface area (TPSA) is 49.5 Å². The number of thioether (sulfide) groups is 1. The average Bonchev–Trinajstić information content (AvgIpc) is 2.31. The summed E-state index contributed by atoms with van der Waals surface area (Å²) in [7, 11) is 0. The second kappa shape index (κ2) is 6.89. The minimum atomic E-state index is -0.363. The van der Waals surface area contributed by atoms with Crippen LogP contribution in [0, 0.1) is 0 Å². The van der Waals surface area contributed by atoms with Gasteiger partial charge in [-0.3, -0.25) is 4.90 Å². The normalized spacial score (nSPS) is 14.9. The van der Waals surface area contributed by atoms with Crippen LogP contribution in [0.2, 0.25) is 0 Å². The van der Waals surface area contributed by atoms with E-state index in [1.807, 2.05) is 31.2 Å². The number of hydrogen-bond acceptors (Lipinski definition) is 4. The molecule has 3 nitrogen and oxygen atoms in total. The van der Waals surface area contributed by atoms with E-state index < -0.39 is 0 Å². The Bertz CT molecular complexity index is 323. The molecule has 0 aliphatic heterocycles. The van der Waals surface area contributed by atoms with Crippen LogP contribution in [-0.4, -0.2) is 34.6 Å². The summed E-state index contributed by atoms with van der Waals surface area (Å²) in [6, 6.07) is 7.78. The molecular weight excluding hydrogens is 232 g/mol. The Balaban J connectivity index is 2.76. The average molecular weight is 254 g/mol.